The highest BCUT2D eigenvalue weighted by Crippen LogP contribution is 2.25. The SMILES string of the molecule is Cc1ccc(NS(=O)(=O)c2ccsc2C(=O)Nc2cn[nH]c2)cc1. The zero-order chi connectivity index (χ0) is 17.2. The lowest BCUT2D eigenvalue weighted by atomic mass is 10.2. The summed E-state index contributed by atoms with van der Waals surface area (Å²) < 4.78 is 27.6. The summed E-state index contributed by atoms with van der Waals surface area (Å²) in [5.74, 6) is -0.504. The molecular weight excluding hydrogens is 348 g/mol. The van der Waals surface area contributed by atoms with Crippen molar-refractivity contribution in [3.63, 3.8) is 0 Å². The molecule has 0 aliphatic heterocycles. The molecule has 0 fully saturated rings. The molecule has 24 heavy (non-hydrogen) atoms. The summed E-state index contributed by atoms with van der Waals surface area (Å²) in [4.78, 5) is 12.3. The van der Waals surface area contributed by atoms with Crippen LogP contribution in [0.3, 0.4) is 0 Å². The summed E-state index contributed by atoms with van der Waals surface area (Å²) in [5.41, 5.74) is 1.92. The molecule has 3 N–H and O–H groups in total. The number of nitrogens with one attached hydrogen (secondary N) is 3. The summed E-state index contributed by atoms with van der Waals surface area (Å²) in [6, 6.07) is 8.36. The van der Waals surface area contributed by atoms with Crippen molar-refractivity contribution in [2.75, 3.05) is 10.0 Å². The minimum absolute atomic E-state index is 0.0610. The molecule has 1 aromatic carbocycles. The van der Waals surface area contributed by atoms with Crippen molar-refractivity contribution in [1.29, 1.82) is 0 Å². The second-order valence-electron chi connectivity index (χ2n) is 5.03. The number of aryl methyl sites for hydroxylation is 1. The van der Waals surface area contributed by atoms with Crippen LogP contribution in [-0.4, -0.2) is 24.5 Å². The number of thiophene rings is 1. The Morgan fingerprint density at radius 2 is 1.92 bits per heavy atom. The lowest BCUT2D eigenvalue weighted by Gasteiger charge is -2.09. The molecule has 0 aliphatic rings. The van der Waals surface area contributed by atoms with Gasteiger partial charge in [0.05, 0.1) is 11.9 Å². The van der Waals surface area contributed by atoms with E-state index < -0.39 is 15.9 Å². The molecular formula is C15H14N4O3S2. The molecule has 9 heteroatoms. The molecule has 2 aromatic heterocycles. The summed E-state index contributed by atoms with van der Waals surface area (Å²) >= 11 is 1.06. The van der Waals surface area contributed by atoms with E-state index >= 15 is 0 Å². The van der Waals surface area contributed by atoms with Crippen molar-refractivity contribution in [2.45, 2.75) is 11.8 Å². The van der Waals surface area contributed by atoms with Crippen LogP contribution in [0.2, 0.25) is 0 Å². The fourth-order valence-corrected chi connectivity index (χ4v) is 4.40. The third kappa shape index (κ3) is 3.47. The molecule has 0 aliphatic carbocycles. The number of anilines is 2. The van der Waals surface area contributed by atoms with Crippen LogP contribution in [0.15, 0.2) is 53.0 Å². The number of amides is 1. The molecule has 0 saturated carbocycles. The van der Waals surface area contributed by atoms with Gasteiger partial charge in [0.1, 0.15) is 9.77 Å². The van der Waals surface area contributed by atoms with Crippen LogP contribution in [0.25, 0.3) is 0 Å². The summed E-state index contributed by atoms with van der Waals surface area (Å²) in [6.07, 6.45) is 2.94. The maximum Gasteiger partial charge on any atom is 0.267 e. The van der Waals surface area contributed by atoms with Crippen molar-refractivity contribution in [3.8, 4) is 0 Å². The average molecular weight is 362 g/mol. The van der Waals surface area contributed by atoms with Crippen molar-refractivity contribution >= 4 is 38.6 Å². The summed E-state index contributed by atoms with van der Waals surface area (Å²) in [6.45, 7) is 1.91. The minimum Gasteiger partial charge on any atom is -0.319 e. The molecule has 1 amide bonds. The van der Waals surface area contributed by atoms with Gasteiger partial charge >= 0.3 is 0 Å². The molecule has 0 saturated heterocycles. The van der Waals surface area contributed by atoms with Gasteiger partial charge in [0.25, 0.3) is 15.9 Å². The van der Waals surface area contributed by atoms with Gasteiger partial charge in [-0.1, -0.05) is 17.7 Å². The van der Waals surface area contributed by atoms with Crippen molar-refractivity contribution in [2.24, 2.45) is 0 Å². The fourth-order valence-electron chi connectivity index (χ4n) is 2.01. The Morgan fingerprint density at radius 3 is 2.58 bits per heavy atom. The number of hydrogen-bond donors (Lipinski definition) is 3. The molecule has 0 bridgehead atoms. The Morgan fingerprint density at radius 1 is 1.17 bits per heavy atom. The van der Waals surface area contributed by atoms with E-state index in [9.17, 15) is 13.2 Å². The van der Waals surface area contributed by atoms with Crippen LogP contribution in [0, 0.1) is 6.92 Å². The smallest absolute Gasteiger partial charge is 0.267 e. The van der Waals surface area contributed by atoms with Gasteiger partial charge in [0.2, 0.25) is 0 Å². The first-order chi connectivity index (χ1) is 11.5. The van der Waals surface area contributed by atoms with E-state index in [1.54, 1.807) is 29.6 Å². The van der Waals surface area contributed by atoms with E-state index in [4.69, 9.17) is 0 Å². The third-order valence-electron chi connectivity index (χ3n) is 3.18. The third-order valence-corrected chi connectivity index (χ3v) is 5.65. The van der Waals surface area contributed by atoms with Gasteiger partial charge in [-0.25, -0.2) is 8.42 Å². The Kier molecular flexibility index (Phi) is 4.36. The Bertz CT molecular complexity index is 945. The van der Waals surface area contributed by atoms with E-state index in [2.05, 4.69) is 20.2 Å². The number of H-pyrrole nitrogens is 1. The van der Waals surface area contributed by atoms with Crippen molar-refractivity contribution in [1.82, 2.24) is 10.2 Å². The first kappa shape index (κ1) is 16.2. The van der Waals surface area contributed by atoms with Crippen LogP contribution in [0.4, 0.5) is 11.4 Å². The van der Waals surface area contributed by atoms with Gasteiger partial charge in [0, 0.05) is 11.9 Å². The van der Waals surface area contributed by atoms with Crippen LogP contribution >= 0.6 is 11.3 Å². The highest BCUT2D eigenvalue weighted by atomic mass is 32.2. The number of sulfonamides is 1. The Labute approximate surface area is 142 Å². The van der Waals surface area contributed by atoms with Crippen LogP contribution in [-0.2, 0) is 10.0 Å². The molecule has 124 valence electrons. The first-order valence-electron chi connectivity index (χ1n) is 6.93. The largest absolute Gasteiger partial charge is 0.319 e. The van der Waals surface area contributed by atoms with Crippen molar-refractivity contribution < 1.29 is 13.2 Å². The van der Waals surface area contributed by atoms with E-state index in [1.165, 1.54) is 18.5 Å². The first-order valence-corrected chi connectivity index (χ1v) is 9.29. The predicted molar refractivity (Wildman–Crippen MR) is 92.8 cm³/mol. The molecule has 0 atom stereocenters. The molecule has 0 radical (unpaired) electrons. The maximum absolute atomic E-state index is 12.6. The molecule has 0 spiro atoms. The number of aromatic nitrogens is 2. The van der Waals surface area contributed by atoms with Gasteiger partial charge in [0.15, 0.2) is 0 Å². The number of rotatable bonds is 5. The average Bonchev–Trinajstić information content (AvgIpc) is 3.20. The van der Waals surface area contributed by atoms with E-state index in [1.807, 2.05) is 6.92 Å². The van der Waals surface area contributed by atoms with Crippen LogP contribution in [0.5, 0.6) is 0 Å². The van der Waals surface area contributed by atoms with Gasteiger partial charge in [-0.05, 0) is 30.5 Å². The Hall–Kier alpha value is -2.65. The van der Waals surface area contributed by atoms with Gasteiger partial charge < -0.3 is 5.32 Å². The number of hydrogen-bond acceptors (Lipinski definition) is 5. The normalized spacial score (nSPS) is 11.2. The number of carbonyl (C=O) groups is 1. The summed E-state index contributed by atoms with van der Waals surface area (Å²) in [7, 11) is -3.86. The number of carbonyl (C=O) groups excluding carboxylic acids is 1. The number of benzene rings is 1. The van der Waals surface area contributed by atoms with E-state index in [0.29, 0.717) is 11.4 Å². The second-order valence-corrected chi connectivity index (χ2v) is 7.59. The van der Waals surface area contributed by atoms with Crippen LogP contribution < -0.4 is 10.0 Å². The number of aromatic amines is 1. The zero-order valence-corrected chi connectivity index (χ0v) is 14.2. The molecule has 2 heterocycles. The molecule has 0 unspecified atom stereocenters. The summed E-state index contributed by atoms with van der Waals surface area (Å²) in [5, 5.41) is 10.5. The van der Waals surface area contributed by atoms with Crippen LogP contribution in [0.1, 0.15) is 15.2 Å². The second kappa shape index (κ2) is 6.46. The van der Waals surface area contributed by atoms with E-state index in [0.717, 1.165) is 16.9 Å². The van der Waals surface area contributed by atoms with Gasteiger partial charge in [-0.2, -0.15) is 5.10 Å². The quantitative estimate of drug-likeness (QED) is 0.649. The topological polar surface area (TPSA) is 104 Å². The highest BCUT2D eigenvalue weighted by molar-refractivity contribution is 7.93. The lowest BCUT2D eigenvalue weighted by molar-refractivity contribution is 0.102. The molecule has 3 rings (SSSR count). The highest BCUT2D eigenvalue weighted by Gasteiger charge is 2.24. The predicted octanol–water partition coefficient (Wildman–Crippen LogP) is 2.83. The standard InChI is InChI=1S/C15H14N4O3S2/c1-10-2-4-11(5-3-10)19-24(21,22)13-6-7-23-14(13)15(20)18-12-8-16-17-9-12/h2-9,19H,1H3,(H,16,17)(H,18,20). The lowest BCUT2D eigenvalue weighted by Crippen LogP contribution is -2.18. The number of nitrogens with zero attached hydrogens (tertiary/aromatic N) is 1. The van der Waals surface area contributed by atoms with Crippen molar-refractivity contribution in [3.05, 3.63) is 58.5 Å². The minimum atomic E-state index is -3.86. The van der Waals surface area contributed by atoms with Gasteiger partial charge in [-0.3, -0.25) is 14.6 Å². The maximum atomic E-state index is 12.6. The Balaban J connectivity index is 1.85. The van der Waals surface area contributed by atoms with Gasteiger partial charge in [-0.15, -0.1) is 11.3 Å². The fraction of sp³-hybridized carbons (Fsp3) is 0.0667. The molecule has 7 nitrogen and oxygen atoms in total. The monoisotopic (exact) mass is 362 g/mol. The zero-order valence-electron chi connectivity index (χ0n) is 12.6. The molecule has 3 aromatic rings. The van der Waals surface area contributed by atoms with E-state index in [-0.39, 0.29) is 9.77 Å².